The number of hydrogen-bond donors (Lipinski definition) is 1. The van der Waals surface area contributed by atoms with Gasteiger partial charge in [-0.1, -0.05) is 38.1 Å². The van der Waals surface area contributed by atoms with Crippen molar-refractivity contribution in [3.8, 4) is 0 Å². The second kappa shape index (κ2) is 5.67. The zero-order valence-electron chi connectivity index (χ0n) is 11.7. The Morgan fingerprint density at radius 3 is 2.00 bits per heavy atom. The number of nitrogens with two attached hydrogens (primary N) is 1. The first-order valence-corrected chi connectivity index (χ1v) is 8.21. The highest BCUT2D eigenvalue weighted by molar-refractivity contribution is 7.90. The number of hydrogen-bond acceptors (Lipinski definition) is 3. The van der Waals surface area contributed by atoms with Gasteiger partial charge in [0.25, 0.3) is 0 Å². The maximum Gasteiger partial charge on any atom is 0.182 e. The van der Waals surface area contributed by atoms with Crippen molar-refractivity contribution in [3.63, 3.8) is 0 Å². The Labute approximate surface area is 120 Å². The van der Waals surface area contributed by atoms with Gasteiger partial charge in [-0.05, 0) is 41.3 Å². The SMILES string of the molecule is CC(C)c1ccc(S(=O)(=O)Cc2ccc(N)cc2)cc1. The number of benzene rings is 2. The van der Waals surface area contributed by atoms with Gasteiger partial charge in [0.05, 0.1) is 10.6 Å². The van der Waals surface area contributed by atoms with Crippen molar-refractivity contribution in [2.75, 3.05) is 5.73 Å². The van der Waals surface area contributed by atoms with E-state index in [1.165, 1.54) is 0 Å². The highest BCUT2D eigenvalue weighted by Gasteiger charge is 2.15. The summed E-state index contributed by atoms with van der Waals surface area (Å²) in [6, 6.07) is 14.0. The minimum absolute atomic E-state index is 0.00565. The second-order valence-electron chi connectivity index (χ2n) is 5.22. The van der Waals surface area contributed by atoms with E-state index >= 15 is 0 Å². The summed E-state index contributed by atoms with van der Waals surface area (Å²) in [5, 5.41) is 0. The predicted molar refractivity (Wildman–Crippen MR) is 82.3 cm³/mol. The Morgan fingerprint density at radius 2 is 1.50 bits per heavy atom. The number of rotatable bonds is 4. The molecule has 2 aromatic rings. The lowest BCUT2D eigenvalue weighted by atomic mass is 10.0. The molecule has 3 nitrogen and oxygen atoms in total. The van der Waals surface area contributed by atoms with Crippen molar-refractivity contribution in [2.45, 2.75) is 30.4 Å². The van der Waals surface area contributed by atoms with Crippen molar-refractivity contribution in [3.05, 3.63) is 59.7 Å². The third-order valence-electron chi connectivity index (χ3n) is 3.24. The lowest BCUT2D eigenvalue weighted by Gasteiger charge is -2.08. The van der Waals surface area contributed by atoms with E-state index in [-0.39, 0.29) is 5.75 Å². The predicted octanol–water partition coefficient (Wildman–Crippen LogP) is 3.37. The number of anilines is 1. The van der Waals surface area contributed by atoms with E-state index in [0.29, 0.717) is 16.5 Å². The fraction of sp³-hybridized carbons (Fsp3) is 0.250. The quantitative estimate of drug-likeness (QED) is 0.878. The Balaban J connectivity index is 2.23. The van der Waals surface area contributed by atoms with Crippen LogP contribution >= 0.6 is 0 Å². The van der Waals surface area contributed by atoms with Gasteiger partial charge in [-0.25, -0.2) is 8.42 Å². The summed E-state index contributed by atoms with van der Waals surface area (Å²) in [5.74, 6) is 0.387. The van der Waals surface area contributed by atoms with Gasteiger partial charge in [0.15, 0.2) is 9.84 Å². The maximum atomic E-state index is 12.3. The molecule has 106 valence electrons. The molecular weight excluding hydrogens is 270 g/mol. The maximum absolute atomic E-state index is 12.3. The molecule has 0 aromatic heterocycles. The van der Waals surface area contributed by atoms with Gasteiger partial charge in [-0.3, -0.25) is 0 Å². The average molecular weight is 289 g/mol. The summed E-state index contributed by atoms with van der Waals surface area (Å²) in [6.45, 7) is 4.16. The summed E-state index contributed by atoms with van der Waals surface area (Å²) >= 11 is 0. The molecular formula is C16H19NO2S. The first kappa shape index (κ1) is 14.6. The Hall–Kier alpha value is -1.81. The number of nitrogen functional groups attached to an aromatic ring is 1. The van der Waals surface area contributed by atoms with Crippen molar-refractivity contribution in [1.82, 2.24) is 0 Å². The van der Waals surface area contributed by atoms with Crippen LogP contribution in [0.4, 0.5) is 5.69 Å². The van der Waals surface area contributed by atoms with Crippen molar-refractivity contribution in [2.24, 2.45) is 0 Å². The summed E-state index contributed by atoms with van der Waals surface area (Å²) in [5.41, 5.74) is 8.11. The molecule has 0 atom stereocenters. The first-order valence-electron chi connectivity index (χ1n) is 6.55. The van der Waals surface area contributed by atoms with Crippen LogP contribution in [0.25, 0.3) is 0 Å². The molecule has 0 radical (unpaired) electrons. The fourth-order valence-corrected chi connectivity index (χ4v) is 3.33. The van der Waals surface area contributed by atoms with Crippen LogP contribution in [-0.4, -0.2) is 8.42 Å². The van der Waals surface area contributed by atoms with Crippen LogP contribution in [0, 0.1) is 0 Å². The monoisotopic (exact) mass is 289 g/mol. The molecule has 0 aliphatic heterocycles. The lowest BCUT2D eigenvalue weighted by Crippen LogP contribution is -2.05. The Morgan fingerprint density at radius 1 is 0.950 bits per heavy atom. The van der Waals surface area contributed by atoms with Crippen LogP contribution in [-0.2, 0) is 15.6 Å². The van der Waals surface area contributed by atoms with Crippen LogP contribution in [0.15, 0.2) is 53.4 Å². The average Bonchev–Trinajstić information content (AvgIpc) is 2.41. The van der Waals surface area contributed by atoms with Gasteiger partial charge in [0.2, 0.25) is 0 Å². The Kier molecular flexibility index (Phi) is 4.14. The van der Waals surface area contributed by atoms with Gasteiger partial charge in [0, 0.05) is 5.69 Å². The third-order valence-corrected chi connectivity index (χ3v) is 4.95. The summed E-state index contributed by atoms with van der Waals surface area (Å²) in [4.78, 5) is 0.360. The molecule has 0 bridgehead atoms. The van der Waals surface area contributed by atoms with Crippen molar-refractivity contribution in [1.29, 1.82) is 0 Å². The van der Waals surface area contributed by atoms with Gasteiger partial charge >= 0.3 is 0 Å². The highest BCUT2D eigenvalue weighted by Crippen LogP contribution is 2.20. The molecule has 20 heavy (non-hydrogen) atoms. The zero-order valence-corrected chi connectivity index (χ0v) is 12.5. The minimum atomic E-state index is -3.31. The molecule has 0 saturated heterocycles. The van der Waals surface area contributed by atoms with Crippen LogP contribution in [0.5, 0.6) is 0 Å². The summed E-state index contributed by atoms with van der Waals surface area (Å²) in [7, 11) is -3.31. The second-order valence-corrected chi connectivity index (χ2v) is 7.21. The summed E-state index contributed by atoms with van der Waals surface area (Å²) in [6.07, 6.45) is 0. The van der Waals surface area contributed by atoms with Crippen LogP contribution < -0.4 is 5.73 Å². The molecule has 0 aliphatic carbocycles. The topological polar surface area (TPSA) is 60.2 Å². The van der Waals surface area contributed by atoms with E-state index in [0.717, 1.165) is 11.1 Å². The molecule has 0 spiro atoms. The van der Waals surface area contributed by atoms with Gasteiger partial charge in [0.1, 0.15) is 0 Å². The molecule has 0 fully saturated rings. The molecule has 0 unspecified atom stereocenters. The van der Waals surface area contributed by atoms with E-state index in [2.05, 4.69) is 13.8 Å². The number of sulfone groups is 1. The van der Waals surface area contributed by atoms with E-state index in [4.69, 9.17) is 5.73 Å². The Bertz CT molecular complexity index is 671. The molecule has 0 amide bonds. The van der Waals surface area contributed by atoms with Crippen LogP contribution in [0.1, 0.15) is 30.9 Å². The van der Waals surface area contributed by atoms with Crippen molar-refractivity contribution < 1.29 is 8.42 Å². The molecule has 2 N–H and O–H groups in total. The molecule has 0 heterocycles. The van der Waals surface area contributed by atoms with Gasteiger partial charge < -0.3 is 5.73 Å². The molecule has 0 saturated carbocycles. The van der Waals surface area contributed by atoms with E-state index in [1.54, 1.807) is 36.4 Å². The molecule has 4 heteroatoms. The third kappa shape index (κ3) is 3.39. The lowest BCUT2D eigenvalue weighted by molar-refractivity contribution is 0.595. The molecule has 2 aromatic carbocycles. The fourth-order valence-electron chi connectivity index (χ4n) is 1.98. The van der Waals surface area contributed by atoms with E-state index in [9.17, 15) is 8.42 Å². The highest BCUT2D eigenvalue weighted by atomic mass is 32.2. The zero-order chi connectivity index (χ0) is 14.8. The van der Waals surface area contributed by atoms with Crippen LogP contribution in [0.2, 0.25) is 0 Å². The normalized spacial score (nSPS) is 11.8. The molecule has 0 aliphatic rings. The van der Waals surface area contributed by atoms with Gasteiger partial charge in [-0.15, -0.1) is 0 Å². The minimum Gasteiger partial charge on any atom is -0.399 e. The van der Waals surface area contributed by atoms with Crippen LogP contribution in [0.3, 0.4) is 0 Å². The largest absolute Gasteiger partial charge is 0.399 e. The van der Waals surface area contributed by atoms with Gasteiger partial charge in [-0.2, -0.15) is 0 Å². The smallest absolute Gasteiger partial charge is 0.182 e. The van der Waals surface area contributed by atoms with E-state index in [1.807, 2.05) is 12.1 Å². The first-order chi connectivity index (χ1) is 9.38. The van der Waals surface area contributed by atoms with E-state index < -0.39 is 9.84 Å². The summed E-state index contributed by atoms with van der Waals surface area (Å²) < 4.78 is 24.7. The molecule has 2 rings (SSSR count). The van der Waals surface area contributed by atoms with Crippen molar-refractivity contribution >= 4 is 15.5 Å². The standard InChI is InChI=1S/C16H19NO2S/c1-12(2)14-5-9-16(10-6-14)20(18,19)11-13-3-7-15(17)8-4-13/h3-10,12H,11,17H2,1-2H3.